The minimum atomic E-state index is 0.300. The highest BCUT2D eigenvalue weighted by atomic mass is 35.5. The molecule has 1 rings (SSSR count). The molecule has 0 bridgehead atoms. The summed E-state index contributed by atoms with van der Waals surface area (Å²) < 4.78 is 0. The number of rotatable bonds is 3. The number of hydrogen-bond acceptors (Lipinski definition) is 1. The molecule has 2 atom stereocenters. The van der Waals surface area contributed by atoms with Crippen LogP contribution in [0.15, 0.2) is 30.3 Å². The summed E-state index contributed by atoms with van der Waals surface area (Å²) in [7, 11) is 0. The molecule has 0 amide bonds. The molecule has 0 radical (unpaired) electrons. The van der Waals surface area contributed by atoms with Gasteiger partial charge in [-0.1, -0.05) is 37.3 Å². The van der Waals surface area contributed by atoms with Crippen LogP contribution in [0, 0.1) is 0 Å². The molecule has 0 aliphatic heterocycles. The van der Waals surface area contributed by atoms with E-state index in [-0.39, 0.29) is 0 Å². The van der Waals surface area contributed by atoms with Crippen molar-refractivity contribution in [3.63, 3.8) is 0 Å². The molecule has 66 valence electrons. The van der Waals surface area contributed by atoms with Gasteiger partial charge in [-0.3, -0.25) is 0 Å². The van der Waals surface area contributed by atoms with E-state index in [0.717, 1.165) is 0 Å². The average Bonchev–Trinajstić information content (AvgIpc) is 2.17. The van der Waals surface area contributed by atoms with Gasteiger partial charge in [0.25, 0.3) is 0 Å². The zero-order valence-corrected chi connectivity index (χ0v) is 8.18. The van der Waals surface area contributed by atoms with Gasteiger partial charge in [0.1, 0.15) is 0 Å². The van der Waals surface area contributed by atoms with Gasteiger partial charge in [-0.15, -0.1) is 0 Å². The first-order valence-electron chi connectivity index (χ1n) is 4.17. The summed E-state index contributed by atoms with van der Waals surface area (Å²) in [6, 6.07) is 10.7. The van der Waals surface area contributed by atoms with Crippen molar-refractivity contribution in [2.45, 2.75) is 25.8 Å². The fourth-order valence-electron chi connectivity index (χ4n) is 1.14. The Bertz CT molecular complexity index is 223. The summed E-state index contributed by atoms with van der Waals surface area (Å²) in [6.45, 7) is 4.24. The molecule has 1 aromatic rings. The standard InChI is InChI=1S/C10H14ClN/c1-8(9(2)12-11)10-6-4-3-5-7-10/h3-9,12H,1-2H3. The fraction of sp³-hybridized carbons (Fsp3) is 0.400. The molecule has 2 heteroatoms. The number of hydrogen-bond donors (Lipinski definition) is 1. The highest BCUT2D eigenvalue weighted by Crippen LogP contribution is 2.18. The molecule has 0 aliphatic rings. The van der Waals surface area contributed by atoms with Gasteiger partial charge in [0.15, 0.2) is 0 Å². The van der Waals surface area contributed by atoms with Crippen LogP contribution in [0.5, 0.6) is 0 Å². The highest BCUT2D eigenvalue weighted by Gasteiger charge is 2.11. The molecule has 0 fully saturated rings. The zero-order valence-electron chi connectivity index (χ0n) is 7.42. The van der Waals surface area contributed by atoms with Crippen LogP contribution < -0.4 is 4.84 Å². The average molecular weight is 184 g/mol. The Morgan fingerprint density at radius 3 is 2.25 bits per heavy atom. The van der Waals surface area contributed by atoms with Gasteiger partial charge in [-0.25, -0.2) is 4.84 Å². The van der Waals surface area contributed by atoms with Crippen molar-refractivity contribution in [3.05, 3.63) is 35.9 Å². The predicted octanol–water partition coefficient (Wildman–Crippen LogP) is 2.92. The lowest BCUT2D eigenvalue weighted by Gasteiger charge is -2.17. The van der Waals surface area contributed by atoms with E-state index in [4.69, 9.17) is 11.8 Å². The molecule has 1 aromatic carbocycles. The Labute approximate surface area is 78.9 Å². The van der Waals surface area contributed by atoms with Crippen LogP contribution in [0.2, 0.25) is 0 Å². The topological polar surface area (TPSA) is 12.0 Å². The van der Waals surface area contributed by atoms with Crippen LogP contribution in [0.3, 0.4) is 0 Å². The van der Waals surface area contributed by atoms with Gasteiger partial charge in [0.2, 0.25) is 0 Å². The van der Waals surface area contributed by atoms with Gasteiger partial charge in [0, 0.05) is 6.04 Å². The van der Waals surface area contributed by atoms with Gasteiger partial charge in [0.05, 0.1) is 0 Å². The van der Waals surface area contributed by atoms with Crippen molar-refractivity contribution in [3.8, 4) is 0 Å². The van der Waals surface area contributed by atoms with Crippen LogP contribution in [0.4, 0.5) is 0 Å². The van der Waals surface area contributed by atoms with Crippen LogP contribution in [0.1, 0.15) is 25.3 Å². The van der Waals surface area contributed by atoms with E-state index in [1.165, 1.54) is 5.56 Å². The van der Waals surface area contributed by atoms with E-state index in [9.17, 15) is 0 Å². The molecule has 0 saturated heterocycles. The van der Waals surface area contributed by atoms with E-state index in [1.807, 2.05) is 18.2 Å². The second-order valence-electron chi connectivity index (χ2n) is 3.10. The first-order chi connectivity index (χ1) is 5.75. The Morgan fingerprint density at radius 1 is 1.17 bits per heavy atom. The zero-order chi connectivity index (χ0) is 8.97. The predicted molar refractivity (Wildman–Crippen MR) is 53.3 cm³/mol. The summed E-state index contributed by atoms with van der Waals surface area (Å²) >= 11 is 5.55. The molecule has 1 N–H and O–H groups in total. The number of nitrogens with one attached hydrogen (secondary N) is 1. The number of halogens is 1. The molecule has 0 saturated carbocycles. The quantitative estimate of drug-likeness (QED) is 0.711. The van der Waals surface area contributed by atoms with Gasteiger partial charge in [-0.05, 0) is 30.2 Å². The van der Waals surface area contributed by atoms with Crippen molar-refractivity contribution in [2.24, 2.45) is 0 Å². The minimum absolute atomic E-state index is 0.300. The molecule has 0 heterocycles. The molecule has 12 heavy (non-hydrogen) atoms. The third kappa shape index (κ3) is 2.23. The maximum Gasteiger partial charge on any atom is 0.0258 e. The summed E-state index contributed by atoms with van der Waals surface area (Å²) in [5.41, 5.74) is 1.32. The van der Waals surface area contributed by atoms with Gasteiger partial charge >= 0.3 is 0 Å². The van der Waals surface area contributed by atoms with Crippen LogP contribution in [0.25, 0.3) is 0 Å². The van der Waals surface area contributed by atoms with Crippen molar-refractivity contribution < 1.29 is 0 Å². The maximum absolute atomic E-state index is 5.55. The Morgan fingerprint density at radius 2 is 1.75 bits per heavy atom. The van der Waals surface area contributed by atoms with Gasteiger partial charge < -0.3 is 0 Å². The summed E-state index contributed by atoms with van der Waals surface area (Å²) in [5.74, 6) is 0.448. The molecule has 0 aliphatic carbocycles. The molecule has 0 spiro atoms. The first kappa shape index (κ1) is 9.56. The van der Waals surface area contributed by atoms with Crippen molar-refractivity contribution in [1.82, 2.24) is 4.84 Å². The second kappa shape index (κ2) is 4.48. The van der Waals surface area contributed by atoms with Crippen molar-refractivity contribution >= 4 is 11.8 Å². The smallest absolute Gasteiger partial charge is 0.0258 e. The SMILES string of the molecule is CC(NCl)C(C)c1ccccc1. The van der Waals surface area contributed by atoms with Crippen LogP contribution in [-0.2, 0) is 0 Å². The van der Waals surface area contributed by atoms with Crippen molar-refractivity contribution in [1.29, 1.82) is 0 Å². The largest absolute Gasteiger partial charge is 0.230 e. The van der Waals surface area contributed by atoms with Crippen LogP contribution in [-0.4, -0.2) is 6.04 Å². The van der Waals surface area contributed by atoms with Crippen LogP contribution >= 0.6 is 11.8 Å². The van der Waals surface area contributed by atoms with Crippen molar-refractivity contribution in [2.75, 3.05) is 0 Å². The van der Waals surface area contributed by atoms with E-state index in [0.29, 0.717) is 12.0 Å². The van der Waals surface area contributed by atoms with E-state index >= 15 is 0 Å². The Hall–Kier alpha value is -0.530. The molecule has 1 nitrogen and oxygen atoms in total. The third-order valence-electron chi connectivity index (χ3n) is 2.25. The summed E-state index contributed by atoms with van der Waals surface area (Å²) in [5, 5.41) is 0. The normalized spacial score (nSPS) is 15.6. The Balaban J connectivity index is 2.71. The summed E-state index contributed by atoms with van der Waals surface area (Å²) in [4.78, 5) is 2.74. The first-order valence-corrected chi connectivity index (χ1v) is 4.54. The van der Waals surface area contributed by atoms with E-state index < -0.39 is 0 Å². The highest BCUT2D eigenvalue weighted by molar-refractivity contribution is 6.13. The Kier molecular flexibility index (Phi) is 3.57. The molecular weight excluding hydrogens is 170 g/mol. The fourth-order valence-corrected chi connectivity index (χ4v) is 1.33. The van der Waals surface area contributed by atoms with Gasteiger partial charge in [-0.2, -0.15) is 0 Å². The lowest BCUT2D eigenvalue weighted by molar-refractivity contribution is 0.574. The summed E-state index contributed by atoms with van der Waals surface area (Å²) in [6.07, 6.45) is 0. The lowest BCUT2D eigenvalue weighted by atomic mass is 9.95. The maximum atomic E-state index is 5.55. The molecule has 0 aromatic heterocycles. The second-order valence-corrected chi connectivity index (χ2v) is 3.32. The number of benzene rings is 1. The molecular formula is C10H14ClN. The monoisotopic (exact) mass is 183 g/mol. The molecule has 2 unspecified atom stereocenters. The van der Waals surface area contributed by atoms with E-state index in [1.54, 1.807) is 0 Å². The third-order valence-corrected chi connectivity index (χ3v) is 2.59. The lowest BCUT2D eigenvalue weighted by Crippen LogP contribution is -2.23. The minimum Gasteiger partial charge on any atom is -0.230 e. The van der Waals surface area contributed by atoms with E-state index in [2.05, 4.69) is 30.8 Å².